The van der Waals surface area contributed by atoms with Gasteiger partial charge in [-0.2, -0.15) is 0 Å². The zero-order chi connectivity index (χ0) is 23.7. The number of ether oxygens (including phenoxy) is 3. The molecule has 4 rings (SSSR count). The molecule has 1 heterocycles. The van der Waals surface area contributed by atoms with Crippen molar-refractivity contribution in [2.24, 2.45) is 0 Å². The van der Waals surface area contributed by atoms with E-state index in [4.69, 9.17) is 14.2 Å². The van der Waals surface area contributed by atoms with Crippen LogP contribution in [0.3, 0.4) is 0 Å². The van der Waals surface area contributed by atoms with Crippen LogP contribution in [0.15, 0.2) is 65.0 Å². The van der Waals surface area contributed by atoms with Crippen LogP contribution < -0.4 is 14.8 Å². The predicted molar refractivity (Wildman–Crippen MR) is 122 cm³/mol. The van der Waals surface area contributed by atoms with Crippen LogP contribution in [0.2, 0.25) is 0 Å². The minimum Gasteiger partial charge on any atom is -0.508 e. The molecule has 0 bridgehead atoms. The number of hydrogen-bond donors (Lipinski definition) is 2. The Morgan fingerprint density at radius 2 is 1.76 bits per heavy atom. The smallest absolute Gasteiger partial charge is 0.336 e. The third-order valence-corrected chi connectivity index (χ3v) is 6.32. The van der Waals surface area contributed by atoms with Gasteiger partial charge in [-0.25, -0.2) is 4.79 Å². The number of ketones is 1. The highest BCUT2D eigenvalue weighted by atomic mass is 16.5. The zero-order valence-electron chi connectivity index (χ0n) is 19.1. The predicted octanol–water partition coefficient (Wildman–Crippen LogP) is 3.94. The van der Waals surface area contributed by atoms with Crippen molar-refractivity contribution in [2.45, 2.75) is 31.6 Å². The number of nitrogens with one attached hydrogen (secondary N) is 1. The number of aromatic hydroxyl groups is 1. The molecule has 0 aromatic heterocycles. The molecule has 2 aromatic carbocycles. The zero-order valence-corrected chi connectivity index (χ0v) is 19.1. The van der Waals surface area contributed by atoms with E-state index in [0.717, 1.165) is 11.3 Å². The molecule has 7 nitrogen and oxygen atoms in total. The fourth-order valence-electron chi connectivity index (χ4n) is 4.80. The van der Waals surface area contributed by atoms with E-state index >= 15 is 0 Å². The highest BCUT2D eigenvalue weighted by molar-refractivity contribution is 6.04. The largest absolute Gasteiger partial charge is 0.508 e. The Morgan fingerprint density at radius 3 is 2.42 bits per heavy atom. The van der Waals surface area contributed by atoms with E-state index in [1.54, 1.807) is 39.3 Å². The lowest BCUT2D eigenvalue weighted by molar-refractivity contribution is -0.136. The summed E-state index contributed by atoms with van der Waals surface area (Å²) in [5.74, 6) is 0.0903. The molecule has 1 aliphatic heterocycles. The quantitative estimate of drug-likeness (QED) is 0.668. The van der Waals surface area contributed by atoms with Gasteiger partial charge in [-0.3, -0.25) is 4.79 Å². The van der Waals surface area contributed by atoms with Gasteiger partial charge in [0.2, 0.25) is 0 Å². The molecule has 2 aromatic rings. The number of phenolic OH excluding ortho intramolecular Hbond substituents is 1. The highest BCUT2D eigenvalue weighted by Gasteiger charge is 2.41. The van der Waals surface area contributed by atoms with Crippen LogP contribution in [0.1, 0.15) is 42.7 Å². The number of allylic oxidation sites excluding steroid dienone is 3. The topological polar surface area (TPSA) is 94.1 Å². The summed E-state index contributed by atoms with van der Waals surface area (Å²) in [4.78, 5) is 26.2. The first-order chi connectivity index (χ1) is 15.9. The van der Waals surface area contributed by atoms with E-state index in [1.807, 2.05) is 24.3 Å². The highest BCUT2D eigenvalue weighted by Crippen LogP contribution is 2.46. The van der Waals surface area contributed by atoms with Crippen molar-refractivity contribution >= 4 is 11.8 Å². The van der Waals surface area contributed by atoms with Crippen molar-refractivity contribution in [1.82, 2.24) is 5.32 Å². The van der Waals surface area contributed by atoms with Crippen LogP contribution >= 0.6 is 0 Å². The number of esters is 1. The van der Waals surface area contributed by atoms with E-state index in [0.29, 0.717) is 46.7 Å². The molecule has 2 aliphatic rings. The fraction of sp³-hybridized carbons (Fsp3) is 0.308. The molecule has 0 saturated heterocycles. The molecule has 172 valence electrons. The molecule has 2 N–H and O–H groups in total. The first-order valence-corrected chi connectivity index (χ1v) is 10.7. The average Bonchev–Trinajstić information content (AvgIpc) is 2.82. The molecule has 0 fully saturated rings. The van der Waals surface area contributed by atoms with E-state index in [9.17, 15) is 14.7 Å². The Kier molecular flexibility index (Phi) is 6.14. The Bertz CT molecular complexity index is 1180. The lowest BCUT2D eigenvalue weighted by Gasteiger charge is -2.36. The number of benzene rings is 2. The third kappa shape index (κ3) is 4.06. The maximum absolute atomic E-state index is 13.5. The van der Waals surface area contributed by atoms with E-state index in [-0.39, 0.29) is 17.5 Å². The van der Waals surface area contributed by atoms with Crippen LogP contribution in [0, 0.1) is 0 Å². The second-order valence-electron chi connectivity index (χ2n) is 8.22. The van der Waals surface area contributed by atoms with E-state index in [1.165, 1.54) is 7.11 Å². The minimum atomic E-state index is -0.611. The summed E-state index contributed by atoms with van der Waals surface area (Å²) in [6, 6.07) is 12.4. The minimum absolute atomic E-state index is 0.0502. The normalized spacial score (nSPS) is 20.2. The lowest BCUT2D eigenvalue weighted by Crippen LogP contribution is -2.36. The molecule has 1 aliphatic carbocycles. The number of methoxy groups -OCH3 is 3. The number of carbonyl (C=O) groups is 2. The van der Waals surface area contributed by atoms with Gasteiger partial charge in [-0.1, -0.05) is 18.2 Å². The van der Waals surface area contributed by atoms with Gasteiger partial charge in [0.25, 0.3) is 0 Å². The van der Waals surface area contributed by atoms with Crippen molar-refractivity contribution in [1.29, 1.82) is 0 Å². The van der Waals surface area contributed by atoms with Gasteiger partial charge in [-0.15, -0.1) is 0 Å². The summed E-state index contributed by atoms with van der Waals surface area (Å²) in [5.41, 5.74) is 3.98. The molecule has 33 heavy (non-hydrogen) atoms. The lowest BCUT2D eigenvalue weighted by atomic mass is 9.71. The van der Waals surface area contributed by atoms with Crippen LogP contribution in [-0.2, 0) is 14.3 Å². The standard InChI is InChI=1S/C26H27NO6/c1-14-23(26(30)33-4)24(16-6-5-7-18(28)10-16)25-19(27-14)11-17(12-20(25)29)15-8-9-21(31-2)22(13-15)32-3/h5-10,13,17,24,27-28H,11-12H2,1-4H3. The van der Waals surface area contributed by atoms with E-state index in [2.05, 4.69) is 5.32 Å². The fourth-order valence-corrected chi connectivity index (χ4v) is 4.80. The van der Waals surface area contributed by atoms with Gasteiger partial charge in [0.1, 0.15) is 5.75 Å². The molecule has 0 saturated carbocycles. The van der Waals surface area contributed by atoms with Gasteiger partial charge in [0, 0.05) is 29.3 Å². The number of dihydropyridines is 1. The molecule has 7 heteroatoms. The van der Waals surface area contributed by atoms with E-state index < -0.39 is 11.9 Å². The Balaban J connectivity index is 1.78. The van der Waals surface area contributed by atoms with Crippen molar-refractivity contribution in [3.05, 3.63) is 76.1 Å². The first kappa shape index (κ1) is 22.5. The molecule has 0 radical (unpaired) electrons. The SMILES string of the molecule is COC(=O)C1=C(C)NC2=C(C(=O)CC(c3ccc(OC)c(OC)c3)C2)C1c1cccc(O)c1. The van der Waals surface area contributed by atoms with Crippen LogP contribution in [0.5, 0.6) is 17.2 Å². The van der Waals surface area contributed by atoms with Crippen molar-refractivity contribution in [2.75, 3.05) is 21.3 Å². The molecule has 0 amide bonds. The van der Waals surface area contributed by atoms with Crippen molar-refractivity contribution < 1.29 is 28.9 Å². The summed E-state index contributed by atoms with van der Waals surface area (Å²) >= 11 is 0. The van der Waals surface area contributed by atoms with Crippen LogP contribution in [0.4, 0.5) is 0 Å². The Labute approximate surface area is 192 Å². The summed E-state index contributed by atoms with van der Waals surface area (Å²) in [5, 5.41) is 13.4. The van der Waals surface area contributed by atoms with Crippen molar-refractivity contribution in [3.8, 4) is 17.2 Å². The van der Waals surface area contributed by atoms with Crippen LogP contribution in [0.25, 0.3) is 0 Å². The first-order valence-electron chi connectivity index (χ1n) is 10.7. The maximum atomic E-state index is 13.5. The summed E-state index contributed by atoms with van der Waals surface area (Å²) in [6.07, 6.45) is 0.885. The number of rotatable bonds is 5. The third-order valence-electron chi connectivity index (χ3n) is 6.32. The molecule has 2 atom stereocenters. The molecular weight excluding hydrogens is 422 g/mol. The average molecular weight is 450 g/mol. The number of phenols is 1. The number of carbonyl (C=O) groups excluding carboxylic acids is 2. The van der Waals surface area contributed by atoms with Crippen LogP contribution in [-0.4, -0.2) is 38.2 Å². The summed E-state index contributed by atoms with van der Waals surface area (Å²) in [7, 11) is 4.49. The van der Waals surface area contributed by atoms with Crippen molar-refractivity contribution in [3.63, 3.8) is 0 Å². The van der Waals surface area contributed by atoms with Gasteiger partial charge in [0.05, 0.1) is 26.9 Å². The second kappa shape index (κ2) is 9.02. The molecular formula is C26H27NO6. The summed E-state index contributed by atoms with van der Waals surface area (Å²) < 4.78 is 15.8. The van der Waals surface area contributed by atoms with Gasteiger partial charge < -0.3 is 24.6 Å². The number of hydrogen-bond acceptors (Lipinski definition) is 7. The summed E-state index contributed by atoms with van der Waals surface area (Å²) in [6.45, 7) is 1.80. The molecule has 2 unspecified atom stereocenters. The Hall–Kier alpha value is -3.74. The maximum Gasteiger partial charge on any atom is 0.336 e. The van der Waals surface area contributed by atoms with Gasteiger partial charge in [0.15, 0.2) is 17.3 Å². The Morgan fingerprint density at radius 1 is 1.00 bits per heavy atom. The second-order valence-corrected chi connectivity index (χ2v) is 8.22. The number of Topliss-reactive ketones (excluding diaryl/α,β-unsaturated/α-hetero) is 1. The monoisotopic (exact) mass is 449 g/mol. The molecule has 0 spiro atoms. The van der Waals surface area contributed by atoms with Gasteiger partial charge >= 0.3 is 5.97 Å². The van der Waals surface area contributed by atoms with Gasteiger partial charge in [-0.05, 0) is 54.7 Å².